The van der Waals surface area contributed by atoms with Crippen LogP contribution in [0.4, 0.5) is 0 Å². The molecule has 0 saturated heterocycles. The number of ketones is 1. The van der Waals surface area contributed by atoms with Crippen molar-refractivity contribution >= 4 is 5.78 Å². The van der Waals surface area contributed by atoms with Crippen molar-refractivity contribution in [3.05, 3.63) is 42.0 Å². The van der Waals surface area contributed by atoms with Gasteiger partial charge in [0.05, 0.1) is 12.2 Å². The van der Waals surface area contributed by atoms with Gasteiger partial charge in [-0.2, -0.15) is 0 Å². The smallest absolute Gasteiger partial charge is 0.163 e. The highest BCUT2D eigenvalue weighted by atomic mass is 16.5. The van der Waals surface area contributed by atoms with E-state index in [0.717, 1.165) is 31.2 Å². The lowest BCUT2D eigenvalue weighted by Crippen LogP contribution is -2.03. The first kappa shape index (κ1) is 14.5. The van der Waals surface area contributed by atoms with Crippen molar-refractivity contribution in [3.8, 4) is 5.75 Å². The summed E-state index contributed by atoms with van der Waals surface area (Å²) in [6, 6.07) is 5.71. The van der Waals surface area contributed by atoms with Crippen LogP contribution in [-0.4, -0.2) is 12.4 Å². The number of rotatable bonds is 8. The Morgan fingerprint density at radius 1 is 1.33 bits per heavy atom. The Hall–Kier alpha value is -1.57. The average Bonchev–Trinajstić information content (AvgIpc) is 2.33. The fourth-order valence-electron chi connectivity index (χ4n) is 1.79. The Labute approximate surface area is 110 Å². The third kappa shape index (κ3) is 4.74. The van der Waals surface area contributed by atoms with Crippen LogP contribution in [0.3, 0.4) is 0 Å². The fourth-order valence-corrected chi connectivity index (χ4v) is 1.79. The number of ether oxygens (including phenoxy) is 1. The van der Waals surface area contributed by atoms with Crippen LogP contribution in [0.15, 0.2) is 30.9 Å². The Balaban J connectivity index is 2.47. The molecular weight excluding hydrogens is 224 g/mol. The molecule has 0 aliphatic carbocycles. The molecule has 98 valence electrons. The second-order valence-electron chi connectivity index (χ2n) is 4.54. The fraction of sp³-hybridized carbons (Fsp3) is 0.438. The molecule has 0 N–H and O–H groups in total. The molecule has 0 heterocycles. The van der Waals surface area contributed by atoms with E-state index in [2.05, 4.69) is 6.58 Å². The van der Waals surface area contributed by atoms with E-state index in [-0.39, 0.29) is 5.78 Å². The van der Waals surface area contributed by atoms with Gasteiger partial charge in [0.25, 0.3) is 0 Å². The Kier molecular flexibility index (Phi) is 6.20. The van der Waals surface area contributed by atoms with Crippen LogP contribution < -0.4 is 4.74 Å². The summed E-state index contributed by atoms with van der Waals surface area (Å²) in [5.41, 5.74) is 1.79. The Morgan fingerprint density at radius 3 is 2.78 bits per heavy atom. The molecular formula is C16H22O2. The molecule has 2 heteroatoms. The SMILES string of the molecule is C=CCCCCCOc1cc(C)ccc1C(C)=O. The molecule has 0 fully saturated rings. The molecule has 0 aliphatic rings. The topological polar surface area (TPSA) is 26.3 Å². The monoisotopic (exact) mass is 246 g/mol. The molecule has 0 atom stereocenters. The number of carbonyl (C=O) groups excluding carboxylic acids is 1. The predicted molar refractivity (Wildman–Crippen MR) is 75.3 cm³/mol. The van der Waals surface area contributed by atoms with Crippen molar-refractivity contribution in [2.45, 2.75) is 39.5 Å². The maximum Gasteiger partial charge on any atom is 0.163 e. The van der Waals surface area contributed by atoms with Gasteiger partial charge in [-0.25, -0.2) is 0 Å². The van der Waals surface area contributed by atoms with Gasteiger partial charge >= 0.3 is 0 Å². The average molecular weight is 246 g/mol. The third-order valence-corrected chi connectivity index (χ3v) is 2.83. The van der Waals surface area contributed by atoms with Crippen LogP contribution in [0.1, 0.15) is 48.5 Å². The maximum absolute atomic E-state index is 11.5. The standard InChI is InChI=1S/C16H22O2/c1-4-5-6-7-8-11-18-16-12-13(2)9-10-15(16)14(3)17/h4,9-10,12H,1,5-8,11H2,2-3H3. The van der Waals surface area contributed by atoms with Crippen molar-refractivity contribution in [3.63, 3.8) is 0 Å². The molecule has 0 unspecified atom stereocenters. The van der Waals surface area contributed by atoms with Gasteiger partial charge in [0.2, 0.25) is 0 Å². The Morgan fingerprint density at radius 2 is 2.11 bits per heavy atom. The third-order valence-electron chi connectivity index (χ3n) is 2.83. The van der Waals surface area contributed by atoms with Crippen LogP contribution in [0.2, 0.25) is 0 Å². The molecule has 1 rings (SSSR count). The lowest BCUT2D eigenvalue weighted by atomic mass is 10.1. The minimum Gasteiger partial charge on any atom is -0.493 e. The molecule has 0 saturated carbocycles. The zero-order valence-electron chi connectivity index (χ0n) is 11.4. The summed E-state index contributed by atoms with van der Waals surface area (Å²) in [4.78, 5) is 11.5. The van der Waals surface area contributed by atoms with Gasteiger partial charge in [-0.1, -0.05) is 12.1 Å². The zero-order valence-corrected chi connectivity index (χ0v) is 11.4. The molecule has 0 spiro atoms. The second-order valence-corrected chi connectivity index (χ2v) is 4.54. The number of allylic oxidation sites excluding steroid dienone is 1. The molecule has 18 heavy (non-hydrogen) atoms. The summed E-state index contributed by atoms with van der Waals surface area (Å²) in [5.74, 6) is 0.767. The number of benzene rings is 1. The van der Waals surface area contributed by atoms with Crippen molar-refractivity contribution in [2.75, 3.05) is 6.61 Å². The van der Waals surface area contributed by atoms with Gasteiger partial charge in [0.1, 0.15) is 5.75 Å². The molecule has 1 aromatic carbocycles. The van der Waals surface area contributed by atoms with Gasteiger partial charge in [0.15, 0.2) is 5.78 Å². The summed E-state index contributed by atoms with van der Waals surface area (Å²) < 4.78 is 5.71. The van der Waals surface area contributed by atoms with Crippen LogP contribution in [-0.2, 0) is 0 Å². The van der Waals surface area contributed by atoms with Gasteiger partial charge in [-0.15, -0.1) is 6.58 Å². The van der Waals surface area contributed by atoms with Crippen LogP contribution in [0.25, 0.3) is 0 Å². The minimum atomic E-state index is 0.0525. The summed E-state index contributed by atoms with van der Waals surface area (Å²) in [6.07, 6.45) is 6.30. The number of unbranched alkanes of at least 4 members (excludes halogenated alkanes) is 3. The highest BCUT2D eigenvalue weighted by molar-refractivity contribution is 5.96. The van der Waals surface area contributed by atoms with Gasteiger partial charge in [-0.05, 0) is 57.2 Å². The van der Waals surface area contributed by atoms with Gasteiger partial charge < -0.3 is 4.74 Å². The molecule has 0 aliphatic heterocycles. The number of Topliss-reactive ketones (excluding diaryl/α,β-unsaturated/α-hetero) is 1. The lowest BCUT2D eigenvalue weighted by molar-refractivity contribution is 0.101. The number of carbonyl (C=O) groups is 1. The summed E-state index contributed by atoms with van der Waals surface area (Å²) in [7, 11) is 0. The van der Waals surface area contributed by atoms with E-state index >= 15 is 0 Å². The number of aryl methyl sites for hydroxylation is 1. The quantitative estimate of drug-likeness (QED) is 0.388. The van der Waals surface area contributed by atoms with E-state index < -0.39 is 0 Å². The molecule has 0 amide bonds. The van der Waals surface area contributed by atoms with Gasteiger partial charge in [0, 0.05) is 0 Å². The van der Waals surface area contributed by atoms with Crippen LogP contribution in [0, 0.1) is 6.92 Å². The summed E-state index contributed by atoms with van der Waals surface area (Å²) in [6.45, 7) is 7.94. The molecule has 0 aromatic heterocycles. The van der Waals surface area contributed by atoms with Crippen molar-refractivity contribution < 1.29 is 9.53 Å². The van der Waals surface area contributed by atoms with E-state index in [0.29, 0.717) is 17.9 Å². The largest absolute Gasteiger partial charge is 0.493 e. The van der Waals surface area contributed by atoms with Crippen molar-refractivity contribution in [2.24, 2.45) is 0 Å². The first-order valence-electron chi connectivity index (χ1n) is 6.50. The van der Waals surface area contributed by atoms with Crippen molar-refractivity contribution in [1.29, 1.82) is 0 Å². The van der Waals surface area contributed by atoms with Gasteiger partial charge in [-0.3, -0.25) is 4.79 Å². The van der Waals surface area contributed by atoms with E-state index in [1.165, 1.54) is 0 Å². The number of hydrogen-bond acceptors (Lipinski definition) is 2. The number of hydrogen-bond donors (Lipinski definition) is 0. The van der Waals surface area contributed by atoms with E-state index in [1.54, 1.807) is 6.92 Å². The van der Waals surface area contributed by atoms with Crippen LogP contribution in [0.5, 0.6) is 5.75 Å². The predicted octanol–water partition coefficient (Wildman–Crippen LogP) is 4.32. The normalized spacial score (nSPS) is 10.1. The summed E-state index contributed by atoms with van der Waals surface area (Å²) in [5, 5.41) is 0. The molecule has 0 radical (unpaired) electrons. The highest BCUT2D eigenvalue weighted by Gasteiger charge is 2.08. The highest BCUT2D eigenvalue weighted by Crippen LogP contribution is 2.21. The second kappa shape index (κ2) is 7.70. The van der Waals surface area contributed by atoms with Crippen LogP contribution >= 0.6 is 0 Å². The molecule has 2 nitrogen and oxygen atoms in total. The molecule has 0 bridgehead atoms. The summed E-state index contributed by atoms with van der Waals surface area (Å²) >= 11 is 0. The lowest BCUT2D eigenvalue weighted by Gasteiger charge is -2.10. The van der Waals surface area contributed by atoms with E-state index in [4.69, 9.17) is 4.74 Å². The Bertz CT molecular complexity index is 408. The molecule has 1 aromatic rings. The van der Waals surface area contributed by atoms with E-state index in [9.17, 15) is 4.79 Å². The minimum absolute atomic E-state index is 0.0525. The first-order chi connectivity index (χ1) is 8.65. The maximum atomic E-state index is 11.5. The van der Waals surface area contributed by atoms with E-state index in [1.807, 2.05) is 31.2 Å². The zero-order chi connectivity index (χ0) is 13.4. The van der Waals surface area contributed by atoms with Crippen molar-refractivity contribution in [1.82, 2.24) is 0 Å². The first-order valence-corrected chi connectivity index (χ1v) is 6.50.